The van der Waals surface area contributed by atoms with Gasteiger partial charge in [-0.3, -0.25) is 4.79 Å². The summed E-state index contributed by atoms with van der Waals surface area (Å²) in [5.74, 6) is -0.883. The van der Waals surface area contributed by atoms with Gasteiger partial charge < -0.3 is 16.4 Å². The van der Waals surface area contributed by atoms with Gasteiger partial charge in [0.2, 0.25) is 0 Å². The van der Waals surface area contributed by atoms with Gasteiger partial charge in [0, 0.05) is 21.1 Å². The van der Waals surface area contributed by atoms with Crippen LogP contribution in [0.4, 0.5) is 4.39 Å². The fraction of sp³-hybridized carbons (Fsp3) is 0. The molecule has 1 amide bonds. The molecule has 2 aromatic carbocycles. The van der Waals surface area contributed by atoms with Crippen molar-refractivity contribution in [2.45, 2.75) is 0 Å². The maximum Gasteiger partial charge on any atom is 0.270 e. The Hall–Kier alpha value is -1.28. The molecule has 0 fully saturated rings. The number of hydrogen-bond acceptors (Lipinski definition) is 4. The summed E-state index contributed by atoms with van der Waals surface area (Å²) in [7, 11) is 0.711. The predicted octanol–water partition coefficient (Wildman–Crippen LogP) is 3.11. The molecule has 0 saturated carbocycles. The van der Waals surface area contributed by atoms with E-state index < -0.39 is 5.91 Å². The van der Waals surface area contributed by atoms with Crippen molar-refractivity contribution in [3.8, 4) is 6.07 Å². The van der Waals surface area contributed by atoms with Gasteiger partial charge >= 0.3 is 0 Å². The van der Waals surface area contributed by atoms with Gasteiger partial charge in [-0.1, -0.05) is 18.2 Å². The Kier molecular flexibility index (Phi) is 6.97. The normalized spacial score (nSPS) is 10.6. The molecule has 2 rings (SSSR count). The van der Waals surface area contributed by atoms with Crippen molar-refractivity contribution >= 4 is 45.4 Å². The van der Waals surface area contributed by atoms with Crippen LogP contribution >= 0.6 is 11.0 Å². The van der Waals surface area contributed by atoms with E-state index in [0.717, 1.165) is 5.39 Å². The second kappa shape index (κ2) is 8.23. The predicted molar refractivity (Wildman–Crippen MR) is 80.6 cm³/mol. The molecule has 0 saturated heterocycles. The number of nitrogens with zero attached hydrogens (tertiary/aromatic N) is 1. The quantitative estimate of drug-likeness (QED) is 0.238. The summed E-state index contributed by atoms with van der Waals surface area (Å²) < 4.78 is 15.5. The van der Waals surface area contributed by atoms with Crippen LogP contribution in [0.15, 0.2) is 42.0 Å². The van der Waals surface area contributed by atoms with Crippen molar-refractivity contribution in [3.05, 3.63) is 53.4 Å². The molecule has 0 aromatic heterocycles. The van der Waals surface area contributed by atoms with Gasteiger partial charge in [-0.15, -0.1) is 0 Å². The zero-order chi connectivity index (χ0) is 14.5. The summed E-state index contributed by atoms with van der Waals surface area (Å²) in [6, 6.07) is 11.5. The van der Waals surface area contributed by atoms with Crippen LogP contribution in [0.1, 0.15) is 5.56 Å². The second-order valence-electron chi connectivity index (χ2n) is 3.94. The number of nitrogens with one attached hydrogen (secondary N) is 1. The summed E-state index contributed by atoms with van der Waals surface area (Å²) in [5.41, 5.74) is 0.585. The molecule has 3 nitrogen and oxygen atoms in total. The first-order valence-corrected chi connectivity index (χ1v) is 7.28. The minimum atomic E-state index is -0.549. The van der Waals surface area contributed by atoms with E-state index in [1.54, 1.807) is 24.3 Å². The summed E-state index contributed by atoms with van der Waals surface area (Å²) in [6.45, 7) is 0. The first-order valence-electron chi connectivity index (χ1n) is 5.54. The van der Waals surface area contributed by atoms with Gasteiger partial charge in [-0.05, 0) is 40.6 Å². The van der Waals surface area contributed by atoms with Gasteiger partial charge in [0.1, 0.15) is 17.5 Å². The number of benzene rings is 2. The SMILES string of the molecule is N#C/C(=C\c1ccc2ccc(F)cc2c1)C(=O)NS[S-].[W]. The second-order valence-corrected chi connectivity index (χ2v) is 4.81. The molecule has 21 heavy (non-hydrogen) atoms. The zero-order valence-electron chi connectivity index (χ0n) is 10.5. The van der Waals surface area contributed by atoms with Crippen LogP contribution in [-0.2, 0) is 37.5 Å². The monoisotopic (exact) mass is 487 g/mol. The summed E-state index contributed by atoms with van der Waals surface area (Å²) in [4.78, 5) is 11.5. The number of hydrogen-bond donors (Lipinski definition) is 1. The van der Waals surface area contributed by atoms with Gasteiger partial charge in [0.15, 0.2) is 0 Å². The number of amides is 1. The van der Waals surface area contributed by atoms with Crippen LogP contribution in [0.5, 0.6) is 0 Å². The molecular weight excluding hydrogens is 479 g/mol. The van der Waals surface area contributed by atoms with Crippen molar-refractivity contribution in [2.75, 3.05) is 0 Å². The minimum Gasteiger partial charge on any atom is -0.696 e. The van der Waals surface area contributed by atoms with Gasteiger partial charge in [-0.2, -0.15) is 5.26 Å². The largest absolute Gasteiger partial charge is 0.696 e. The fourth-order valence-corrected chi connectivity index (χ4v) is 2.15. The molecule has 1 N–H and O–H groups in total. The average Bonchev–Trinajstić information content (AvgIpc) is 2.44. The van der Waals surface area contributed by atoms with Crippen molar-refractivity contribution in [2.24, 2.45) is 0 Å². The molecule has 0 aliphatic carbocycles. The van der Waals surface area contributed by atoms with Gasteiger partial charge in [0.05, 0.1) is 0 Å². The Labute approximate surface area is 144 Å². The van der Waals surface area contributed by atoms with E-state index >= 15 is 0 Å². The third-order valence-electron chi connectivity index (χ3n) is 2.64. The maximum atomic E-state index is 13.2. The molecule has 0 bridgehead atoms. The zero-order valence-corrected chi connectivity index (χ0v) is 15.1. The summed E-state index contributed by atoms with van der Waals surface area (Å²) >= 11 is 4.54. The molecule has 106 valence electrons. The first-order chi connectivity index (χ1) is 9.63. The van der Waals surface area contributed by atoms with Crippen LogP contribution in [0.2, 0.25) is 0 Å². The molecule has 7 heteroatoms. The van der Waals surface area contributed by atoms with Crippen LogP contribution in [0.3, 0.4) is 0 Å². The van der Waals surface area contributed by atoms with Crippen molar-refractivity contribution < 1.29 is 30.3 Å². The van der Waals surface area contributed by atoms with E-state index in [0.29, 0.717) is 21.9 Å². The van der Waals surface area contributed by atoms with E-state index in [9.17, 15) is 9.18 Å². The molecule has 2 aromatic rings. The number of nitriles is 1. The van der Waals surface area contributed by atoms with Crippen LogP contribution < -0.4 is 4.72 Å². The fourth-order valence-electron chi connectivity index (χ4n) is 1.73. The molecule has 0 unspecified atom stereocenters. The standard InChI is InChI=1S/C14H9FN2OS2.W/c15-13-4-3-10-2-1-9(5-11(10)7-13)6-12(8-16)14(18)17-20-19;/h1-7,19H,(H,17,18);/p-1/b12-6+;. The van der Waals surface area contributed by atoms with E-state index in [4.69, 9.17) is 5.26 Å². The maximum absolute atomic E-state index is 13.2. The van der Waals surface area contributed by atoms with Crippen molar-refractivity contribution in [1.82, 2.24) is 4.72 Å². The summed E-state index contributed by atoms with van der Waals surface area (Å²) in [5, 5.41) is 10.5. The molecule has 0 spiro atoms. The minimum absolute atomic E-state index is 0. The third-order valence-corrected chi connectivity index (χ3v) is 3.16. The van der Waals surface area contributed by atoms with E-state index in [2.05, 4.69) is 16.4 Å². The topological polar surface area (TPSA) is 52.9 Å². The van der Waals surface area contributed by atoms with E-state index in [1.807, 2.05) is 6.07 Å². The van der Waals surface area contributed by atoms with Gasteiger partial charge in [0.25, 0.3) is 5.91 Å². The number of halogens is 1. The molecule has 0 radical (unpaired) electrons. The van der Waals surface area contributed by atoms with Crippen molar-refractivity contribution in [1.29, 1.82) is 5.26 Å². The van der Waals surface area contributed by atoms with E-state index in [-0.39, 0.29) is 32.5 Å². The number of rotatable bonds is 3. The molecular formula is C14H8FN2OS2W-. The number of carbonyl (C=O) groups is 1. The first kappa shape index (κ1) is 17.8. The van der Waals surface area contributed by atoms with Crippen LogP contribution in [0, 0.1) is 17.1 Å². The number of fused-ring (bicyclic) bond motifs is 1. The Balaban J connectivity index is 0.00000220. The molecule has 0 atom stereocenters. The molecule has 0 heterocycles. The summed E-state index contributed by atoms with van der Waals surface area (Å²) in [6.07, 6.45) is 1.44. The average molecular weight is 487 g/mol. The molecule has 0 aliphatic rings. The smallest absolute Gasteiger partial charge is 0.270 e. The van der Waals surface area contributed by atoms with Crippen LogP contribution in [0.25, 0.3) is 16.8 Å². The van der Waals surface area contributed by atoms with Crippen LogP contribution in [-0.4, -0.2) is 5.91 Å². The third kappa shape index (κ3) is 4.60. The van der Waals surface area contributed by atoms with E-state index in [1.165, 1.54) is 18.2 Å². The Bertz CT molecular complexity index is 743. The Morgan fingerprint density at radius 2 is 2.00 bits per heavy atom. The number of carbonyl (C=O) groups excluding carboxylic acids is 1. The Morgan fingerprint density at radius 3 is 2.67 bits per heavy atom. The van der Waals surface area contributed by atoms with Crippen molar-refractivity contribution in [3.63, 3.8) is 0 Å². The molecule has 0 aliphatic heterocycles. The van der Waals surface area contributed by atoms with Gasteiger partial charge in [-0.25, -0.2) is 15.4 Å². The Morgan fingerprint density at radius 1 is 1.29 bits per heavy atom.